The van der Waals surface area contributed by atoms with E-state index in [1.54, 1.807) is 0 Å². The number of benzene rings is 1. The first-order chi connectivity index (χ1) is 13.2. The van der Waals surface area contributed by atoms with Crippen molar-refractivity contribution < 1.29 is 0 Å². The van der Waals surface area contributed by atoms with E-state index in [2.05, 4.69) is 74.8 Å². The van der Waals surface area contributed by atoms with Crippen molar-refractivity contribution in [3.63, 3.8) is 0 Å². The second-order valence-electron chi connectivity index (χ2n) is 7.98. The van der Waals surface area contributed by atoms with Crippen LogP contribution in [0.15, 0.2) is 35.3 Å². The van der Waals surface area contributed by atoms with Crippen molar-refractivity contribution in [3.8, 4) is 0 Å². The van der Waals surface area contributed by atoms with Crippen LogP contribution in [0.5, 0.6) is 0 Å². The molecular formula is C21H36N6. The topological polar surface area (TPSA) is 46.1 Å². The van der Waals surface area contributed by atoms with E-state index in [1.807, 2.05) is 7.05 Å². The van der Waals surface area contributed by atoms with Gasteiger partial charge in [-0.2, -0.15) is 0 Å². The predicted molar refractivity (Wildman–Crippen MR) is 113 cm³/mol. The first-order valence-electron chi connectivity index (χ1n) is 10.3. The lowest BCUT2D eigenvalue weighted by Gasteiger charge is -2.38. The molecule has 0 amide bonds. The van der Waals surface area contributed by atoms with Gasteiger partial charge in [-0.25, -0.2) is 0 Å². The lowest BCUT2D eigenvalue weighted by atomic mass is 10.2. The van der Waals surface area contributed by atoms with E-state index in [4.69, 9.17) is 0 Å². The molecule has 6 nitrogen and oxygen atoms in total. The molecule has 0 aliphatic carbocycles. The summed E-state index contributed by atoms with van der Waals surface area (Å²) in [4.78, 5) is 11.9. The first-order valence-corrected chi connectivity index (χ1v) is 10.3. The molecule has 0 radical (unpaired) electrons. The second kappa shape index (κ2) is 10.1. The standard InChI is InChI=1S/C21H36N6/c1-22-21(24-15-20-17-25(2)12-13-26(20)3)23-14-19-10-7-11-27(19)16-18-8-5-4-6-9-18/h4-6,8-9,19-20H,7,10-17H2,1-3H3,(H2,22,23,24). The fraction of sp³-hybridized carbons (Fsp3) is 0.667. The van der Waals surface area contributed by atoms with Gasteiger partial charge in [-0.3, -0.25) is 14.8 Å². The van der Waals surface area contributed by atoms with Gasteiger partial charge in [0.1, 0.15) is 0 Å². The van der Waals surface area contributed by atoms with Gasteiger partial charge in [0.05, 0.1) is 0 Å². The summed E-state index contributed by atoms with van der Waals surface area (Å²) in [6, 6.07) is 11.9. The summed E-state index contributed by atoms with van der Waals surface area (Å²) in [5.41, 5.74) is 1.40. The van der Waals surface area contributed by atoms with Gasteiger partial charge in [-0.15, -0.1) is 0 Å². The van der Waals surface area contributed by atoms with Crippen molar-refractivity contribution in [3.05, 3.63) is 35.9 Å². The summed E-state index contributed by atoms with van der Waals surface area (Å²) in [6.45, 7) is 7.50. The molecule has 2 saturated heterocycles. The highest BCUT2D eigenvalue weighted by atomic mass is 15.3. The van der Waals surface area contributed by atoms with Gasteiger partial charge in [-0.1, -0.05) is 30.3 Å². The van der Waals surface area contributed by atoms with E-state index in [9.17, 15) is 0 Å². The molecule has 2 aliphatic heterocycles. The van der Waals surface area contributed by atoms with Crippen molar-refractivity contribution >= 4 is 5.96 Å². The Morgan fingerprint density at radius 1 is 1.04 bits per heavy atom. The van der Waals surface area contributed by atoms with Crippen LogP contribution in [0.2, 0.25) is 0 Å². The number of likely N-dealkylation sites (N-methyl/N-ethyl adjacent to an activating group) is 2. The van der Waals surface area contributed by atoms with Crippen LogP contribution in [0, 0.1) is 0 Å². The predicted octanol–water partition coefficient (Wildman–Crippen LogP) is 1.06. The van der Waals surface area contributed by atoms with Crippen LogP contribution in [-0.2, 0) is 6.54 Å². The van der Waals surface area contributed by atoms with Crippen molar-refractivity contribution in [2.24, 2.45) is 4.99 Å². The minimum Gasteiger partial charge on any atom is -0.355 e. The number of likely N-dealkylation sites (tertiary alicyclic amines) is 1. The van der Waals surface area contributed by atoms with E-state index in [0.717, 1.165) is 45.2 Å². The Kier molecular flexibility index (Phi) is 7.50. The average molecular weight is 373 g/mol. The minimum absolute atomic E-state index is 0.531. The SMILES string of the molecule is CN=C(NCC1CN(C)CCN1C)NCC1CCCN1Cc1ccccc1. The molecule has 6 heteroatoms. The van der Waals surface area contributed by atoms with Crippen LogP contribution in [0.4, 0.5) is 0 Å². The normalized spacial score (nSPS) is 25.7. The Balaban J connectivity index is 1.44. The second-order valence-corrected chi connectivity index (χ2v) is 7.98. The van der Waals surface area contributed by atoms with E-state index >= 15 is 0 Å². The number of hydrogen-bond donors (Lipinski definition) is 2. The number of guanidine groups is 1. The maximum atomic E-state index is 4.43. The number of piperazine rings is 1. The number of aliphatic imine (C=N–C) groups is 1. The molecule has 0 aromatic heterocycles. The summed E-state index contributed by atoms with van der Waals surface area (Å²) in [5.74, 6) is 0.920. The van der Waals surface area contributed by atoms with Crippen LogP contribution in [0.3, 0.4) is 0 Å². The molecule has 2 N–H and O–H groups in total. The maximum absolute atomic E-state index is 4.43. The van der Waals surface area contributed by atoms with Crippen LogP contribution in [0.25, 0.3) is 0 Å². The molecule has 0 saturated carbocycles. The fourth-order valence-electron chi connectivity index (χ4n) is 4.12. The number of hydrogen-bond acceptors (Lipinski definition) is 4. The minimum atomic E-state index is 0.531. The molecule has 1 aromatic carbocycles. The van der Waals surface area contributed by atoms with Crippen molar-refractivity contribution in [2.45, 2.75) is 31.5 Å². The highest BCUT2D eigenvalue weighted by Crippen LogP contribution is 2.19. The molecule has 2 fully saturated rings. The third-order valence-corrected chi connectivity index (χ3v) is 5.94. The molecule has 2 atom stereocenters. The molecule has 0 bridgehead atoms. The molecule has 2 aliphatic rings. The Hall–Kier alpha value is -1.63. The lowest BCUT2D eigenvalue weighted by molar-refractivity contribution is 0.116. The highest BCUT2D eigenvalue weighted by Gasteiger charge is 2.25. The first kappa shape index (κ1) is 20.1. The summed E-state index contributed by atoms with van der Waals surface area (Å²) >= 11 is 0. The zero-order valence-corrected chi connectivity index (χ0v) is 17.2. The van der Waals surface area contributed by atoms with E-state index < -0.39 is 0 Å². The zero-order chi connectivity index (χ0) is 19.1. The largest absolute Gasteiger partial charge is 0.355 e. The van der Waals surface area contributed by atoms with Crippen LogP contribution >= 0.6 is 0 Å². The van der Waals surface area contributed by atoms with E-state index in [-0.39, 0.29) is 0 Å². The molecule has 2 unspecified atom stereocenters. The summed E-state index contributed by atoms with van der Waals surface area (Å²) in [6.07, 6.45) is 2.54. The maximum Gasteiger partial charge on any atom is 0.191 e. The van der Waals surface area contributed by atoms with Crippen LogP contribution in [0.1, 0.15) is 18.4 Å². The highest BCUT2D eigenvalue weighted by molar-refractivity contribution is 5.79. The zero-order valence-electron chi connectivity index (χ0n) is 17.2. The van der Waals surface area contributed by atoms with E-state index in [0.29, 0.717) is 12.1 Å². The van der Waals surface area contributed by atoms with Gasteiger partial charge in [0, 0.05) is 58.4 Å². The van der Waals surface area contributed by atoms with Gasteiger partial charge in [0.25, 0.3) is 0 Å². The number of rotatable bonds is 6. The monoisotopic (exact) mass is 372 g/mol. The smallest absolute Gasteiger partial charge is 0.191 e. The molecule has 1 aromatic rings. The number of nitrogens with zero attached hydrogens (tertiary/aromatic N) is 4. The average Bonchev–Trinajstić information content (AvgIpc) is 3.12. The summed E-state index contributed by atoms with van der Waals surface area (Å²) in [7, 11) is 6.28. The Morgan fingerprint density at radius 3 is 2.52 bits per heavy atom. The van der Waals surface area contributed by atoms with Crippen molar-refractivity contribution in [1.82, 2.24) is 25.3 Å². The Labute approximate surface area is 164 Å². The molecule has 2 heterocycles. The quantitative estimate of drug-likeness (QED) is 0.578. The summed E-state index contributed by atoms with van der Waals surface area (Å²) < 4.78 is 0. The molecular weight excluding hydrogens is 336 g/mol. The van der Waals surface area contributed by atoms with Gasteiger partial charge in [-0.05, 0) is 39.0 Å². The van der Waals surface area contributed by atoms with Crippen molar-refractivity contribution in [1.29, 1.82) is 0 Å². The Bertz CT molecular complexity index is 590. The summed E-state index contributed by atoms with van der Waals surface area (Å²) in [5, 5.41) is 7.09. The number of nitrogens with one attached hydrogen (secondary N) is 2. The van der Waals surface area contributed by atoms with Crippen LogP contribution in [-0.4, -0.2) is 93.2 Å². The van der Waals surface area contributed by atoms with Gasteiger partial charge >= 0.3 is 0 Å². The van der Waals surface area contributed by atoms with E-state index in [1.165, 1.54) is 24.9 Å². The third-order valence-electron chi connectivity index (χ3n) is 5.94. The molecule has 0 spiro atoms. The van der Waals surface area contributed by atoms with Crippen molar-refractivity contribution in [2.75, 3.05) is 60.4 Å². The fourth-order valence-corrected chi connectivity index (χ4v) is 4.12. The lowest BCUT2D eigenvalue weighted by Crippen LogP contribution is -2.55. The van der Waals surface area contributed by atoms with Crippen LogP contribution < -0.4 is 10.6 Å². The Morgan fingerprint density at radius 2 is 1.78 bits per heavy atom. The third kappa shape index (κ3) is 5.92. The molecule has 27 heavy (non-hydrogen) atoms. The molecule has 3 rings (SSSR count). The van der Waals surface area contributed by atoms with Gasteiger partial charge in [0.2, 0.25) is 0 Å². The van der Waals surface area contributed by atoms with Gasteiger partial charge < -0.3 is 15.5 Å². The molecule has 150 valence electrons. The van der Waals surface area contributed by atoms with Gasteiger partial charge in [0.15, 0.2) is 5.96 Å².